The van der Waals surface area contributed by atoms with E-state index in [-0.39, 0.29) is 12.5 Å². The van der Waals surface area contributed by atoms with Crippen molar-refractivity contribution in [3.63, 3.8) is 0 Å². The maximum absolute atomic E-state index is 12.5. The Hall–Kier alpha value is -1.87. The summed E-state index contributed by atoms with van der Waals surface area (Å²) < 4.78 is 45.6. The van der Waals surface area contributed by atoms with E-state index in [1.807, 2.05) is 0 Å². The zero-order chi connectivity index (χ0) is 18.3. The minimum atomic E-state index is -4.28. The first-order valence-electron chi connectivity index (χ1n) is 8.06. The lowest BCUT2D eigenvalue weighted by Crippen LogP contribution is -2.49. The number of rotatable bonds is 7. The zero-order valence-corrected chi connectivity index (χ0v) is 14.1. The molecule has 1 aromatic rings. The molecule has 2 rings (SSSR count). The number of methoxy groups -OCH3 is 1. The SMILES string of the molecule is COc1ncccc1C(=O)N1CCN(CCCOCC(F)(F)F)CC1. The van der Waals surface area contributed by atoms with Crippen LogP contribution in [-0.4, -0.2) is 79.9 Å². The van der Waals surface area contributed by atoms with Crippen molar-refractivity contribution in [1.82, 2.24) is 14.8 Å². The van der Waals surface area contributed by atoms with Crippen LogP contribution in [0.15, 0.2) is 18.3 Å². The summed E-state index contributed by atoms with van der Waals surface area (Å²) in [5.41, 5.74) is 0.430. The summed E-state index contributed by atoms with van der Waals surface area (Å²) in [6, 6.07) is 3.37. The van der Waals surface area contributed by atoms with E-state index in [4.69, 9.17) is 4.74 Å². The average molecular weight is 361 g/mol. The Balaban J connectivity index is 1.71. The number of piperazine rings is 1. The topological polar surface area (TPSA) is 54.9 Å². The van der Waals surface area contributed by atoms with E-state index in [9.17, 15) is 18.0 Å². The van der Waals surface area contributed by atoms with Crippen molar-refractivity contribution in [2.24, 2.45) is 0 Å². The molecule has 0 radical (unpaired) electrons. The predicted molar refractivity (Wildman–Crippen MR) is 84.6 cm³/mol. The van der Waals surface area contributed by atoms with Gasteiger partial charge in [-0.1, -0.05) is 0 Å². The monoisotopic (exact) mass is 361 g/mol. The third-order valence-electron chi connectivity index (χ3n) is 3.88. The normalized spacial score (nSPS) is 16.1. The fraction of sp³-hybridized carbons (Fsp3) is 0.625. The molecule has 9 heteroatoms. The molecule has 25 heavy (non-hydrogen) atoms. The summed E-state index contributed by atoms with van der Waals surface area (Å²) in [5.74, 6) is 0.176. The van der Waals surface area contributed by atoms with Crippen LogP contribution in [0, 0.1) is 0 Å². The number of pyridine rings is 1. The Morgan fingerprint density at radius 1 is 1.28 bits per heavy atom. The average Bonchev–Trinajstić information content (AvgIpc) is 2.60. The van der Waals surface area contributed by atoms with Crippen LogP contribution in [0.4, 0.5) is 13.2 Å². The molecule has 1 aromatic heterocycles. The van der Waals surface area contributed by atoms with Gasteiger partial charge in [0.25, 0.3) is 5.91 Å². The first kappa shape index (κ1) is 19.5. The Labute approximate surface area is 144 Å². The third kappa shape index (κ3) is 6.17. The van der Waals surface area contributed by atoms with Gasteiger partial charge in [-0.3, -0.25) is 9.69 Å². The summed E-state index contributed by atoms with van der Waals surface area (Å²) in [6.07, 6.45) is -2.19. The number of aromatic nitrogens is 1. The summed E-state index contributed by atoms with van der Waals surface area (Å²) in [6.45, 7) is 1.98. The van der Waals surface area contributed by atoms with Crippen LogP contribution < -0.4 is 4.74 Å². The van der Waals surface area contributed by atoms with Gasteiger partial charge in [-0.05, 0) is 18.6 Å². The quantitative estimate of drug-likeness (QED) is 0.694. The van der Waals surface area contributed by atoms with Gasteiger partial charge in [-0.2, -0.15) is 13.2 Å². The summed E-state index contributed by atoms with van der Waals surface area (Å²) in [5, 5.41) is 0. The Morgan fingerprint density at radius 3 is 2.64 bits per heavy atom. The fourth-order valence-corrected chi connectivity index (χ4v) is 2.64. The summed E-state index contributed by atoms with van der Waals surface area (Å²) >= 11 is 0. The Bertz CT molecular complexity index is 561. The molecule has 0 spiro atoms. The molecule has 1 saturated heterocycles. The molecule has 1 aliphatic rings. The van der Waals surface area contributed by atoms with Gasteiger partial charge in [0.1, 0.15) is 12.2 Å². The van der Waals surface area contributed by atoms with Crippen molar-refractivity contribution in [2.75, 3.05) is 53.0 Å². The maximum atomic E-state index is 12.5. The van der Waals surface area contributed by atoms with Gasteiger partial charge >= 0.3 is 6.18 Å². The molecule has 0 aliphatic carbocycles. The first-order valence-corrected chi connectivity index (χ1v) is 8.06. The lowest BCUT2D eigenvalue weighted by atomic mass is 10.2. The van der Waals surface area contributed by atoms with E-state index in [2.05, 4.69) is 14.6 Å². The van der Waals surface area contributed by atoms with Crippen molar-refractivity contribution in [1.29, 1.82) is 0 Å². The van der Waals surface area contributed by atoms with Gasteiger partial charge in [0.05, 0.1) is 7.11 Å². The number of carbonyl (C=O) groups is 1. The van der Waals surface area contributed by atoms with Gasteiger partial charge in [-0.15, -0.1) is 0 Å². The number of halogens is 3. The smallest absolute Gasteiger partial charge is 0.411 e. The Morgan fingerprint density at radius 2 is 2.00 bits per heavy atom. The molecule has 1 amide bonds. The molecule has 6 nitrogen and oxygen atoms in total. The number of hydrogen-bond acceptors (Lipinski definition) is 5. The second kappa shape index (κ2) is 9.00. The van der Waals surface area contributed by atoms with Crippen molar-refractivity contribution in [3.05, 3.63) is 23.9 Å². The molecular formula is C16H22F3N3O3. The van der Waals surface area contributed by atoms with Crippen LogP contribution in [0.2, 0.25) is 0 Å². The standard InChI is InChI=1S/C16H22F3N3O3/c1-24-14-13(4-2-5-20-14)15(23)22-9-7-21(8-10-22)6-3-11-25-12-16(17,18)19/h2,4-5H,3,6-12H2,1H3. The summed E-state index contributed by atoms with van der Waals surface area (Å²) in [7, 11) is 1.47. The molecule has 2 heterocycles. The molecule has 1 aliphatic heterocycles. The zero-order valence-electron chi connectivity index (χ0n) is 14.1. The van der Waals surface area contributed by atoms with Crippen LogP contribution in [0.3, 0.4) is 0 Å². The molecule has 0 aromatic carbocycles. The van der Waals surface area contributed by atoms with Gasteiger partial charge < -0.3 is 14.4 Å². The van der Waals surface area contributed by atoms with Crippen LogP contribution in [0.25, 0.3) is 0 Å². The van der Waals surface area contributed by atoms with E-state index in [1.165, 1.54) is 7.11 Å². The number of alkyl halides is 3. The van der Waals surface area contributed by atoms with Crippen LogP contribution in [-0.2, 0) is 4.74 Å². The van der Waals surface area contributed by atoms with E-state index in [0.29, 0.717) is 50.6 Å². The number of carbonyl (C=O) groups excluding carboxylic acids is 1. The minimum absolute atomic E-state index is 0.0749. The molecule has 140 valence electrons. The minimum Gasteiger partial charge on any atom is -0.480 e. The fourth-order valence-electron chi connectivity index (χ4n) is 2.64. The van der Waals surface area contributed by atoms with Gasteiger partial charge in [0, 0.05) is 45.5 Å². The number of amides is 1. The molecule has 0 atom stereocenters. The molecule has 0 unspecified atom stereocenters. The molecule has 0 N–H and O–H groups in total. The second-order valence-electron chi connectivity index (χ2n) is 5.72. The molecular weight excluding hydrogens is 339 g/mol. The molecule has 0 saturated carbocycles. The molecule has 0 bridgehead atoms. The molecule has 1 fully saturated rings. The largest absolute Gasteiger partial charge is 0.480 e. The second-order valence-corrected chi connectivity index (χ2v) is 5.72. The highest BCUT2D eigenvalue weighted by Gasteiger charge is 2.27. The highest BCUT2D eigenvalue weighted by Crippen LogP contribution is 2.17. The van der Waals surface area contributed by atoms with E-state index >= 15 is 0 Å². The van der Waals surface area contributed by atoms with Crippen LogP contribution in [0.1, 0.15) is 16.8 Å². The van der Waals surface area contributed by atoms with Crippen molar-refractivity contribution >= 4 is 5.91 Å². The van der Waals surface area contributed by atoms with Crippen LogP contribution in [0.5, 0.6) is 5.88 Å². The van der Waals surface area contributed by atoms with E-state index in [0.717, 1.165) is 0 Å². The number of hydrogen-bond donors (Lipinski definition) is 0. The van der Waals surface area contributed by atoms with E-state index < -0.39 is 12.8 Å². The number of nitrogens with zero attached hydrogens (tertiary/aromatic N) is 3. The maximum Gasteiger partial charge on any atom is 0.411 e. The van der Waals surface area contributed by atoms with Gasteiger partial charge in [-0.25, -0.2) is 4.98 Å². The first-order chi connectivity index (χ1) is 11.9. The highest BCUT2D eigenvalue weighted by molar-refractivity contribution is 5.96. The highest BCUT2D eigenvalue weighted by atomic mass is 19.4. The van der Waals surface area contributed by atoms with Crippen molar-refractivity contribution < 1.29 is 27.4 Å². The van der Waals surface area contributed by atoms with Crippen molar-refractivity contribution in [2.45, 2.75) is 12.6 Å². The lowest BCUT2D eigenvalue weighted by molar-refractivity contribution is -0.174. The van der Waals surface area contributed by atoms with Gasteiger partial charge in [0.15, 0.2) is 0 Å². The lowest BCUT2D eigenvalue weighted by Gasteiger charge is -2.34. The van der Waals surface area contributed by atoms with Crippen LogP contribution >= 0.6 is 0 Å². The van der Waals surface area contributed by atoms with Crippen molar-refractivity contribution in [3.8, 4) is 5.88 Å². The number of ether oxygens (including phenoxy) is 2. The van der Waals surface area contributed by atoms with E-state index in [1.54, 1.807) is 23.2 Å². The van der Waals surface area contributed by atoms with Gasteiger partial charge in [0.2, 0.25) is 5.88 Å². The summed E-state index contributed by atoms with van der Waals surface area (Å²) in [4.78, 5) is 20.4. The third-order valence-corrected chi connectivity index (χ3v) is 3.88. The predicted octanol–water partition coefficient (Wildman–Crippen LogP) is 1.82. The Kier molecular flexibility index (Phi) is 7.01.